The lowest BCUT2D eigenvalue weighted by atomic mass is 10.0. The van der Waals surface area contributed by atoms with Crippen LogP contribution in [0.4, 0.5) is 14.4 Å². The minimum atomic E-state index is -0.784. The van der Waals surface area contributed by atoms with Gasteiger partial charge in [0.05, 0.1) is 0 Å². The molecule has 0 saturated carbocycles. The molecule has 3 saturated heterocycles. The second kappa shape index (κ2) is 48.2. The molecular weight excluding hydrogens is 1510 g/mol. The van der Waals surface area contributed by atoms with E-state index in [4.69, 9.17) is 14.2 Å². The molecule has 0 unspecified atom stereocenters. The third kappa shape index (κ3) is 29.0. The molecule has 0 aliphatic carbocycles. The first-order valence-corrected chi connectivity index (χ1v) is 40.3. The Hall–Kier alpha value is -13.5. The molecule has 3 aliphatic rings. The lowest BCUT2D eigenvalue weighted by molar-refractivity contribution is -0.135. The maximum Gasteiger partial charge on any atom is 0.408 e. The number of nitrogens with one attached hydrogen (secondary N) is 6. The van der Waals surface area contributed by atoms with E-state index in [0.29, 0.717) is 173 Å². The van der Waals surface area contributed by atoms with Gasteiger partial charge in [0.15, 0.2) is 0 Å². The van der Waals surface area contributed by atoms with Crippen LogP contribution in [0.1, 0.15) is 106 Å². The van der Waals surface area contributed by atoms with E-state index in [1.54, 1.807) is 41.5 Å². The van der Waals surface area contributed by atoms with E-state index in [1.165, 1.54) is 18.2 Å². The van der Waals surface area contributed by atoms with E-state index in [-0.39, 0.29) is 73.0 Å². The van der Waals surface area contributed by atoms with Gasteiger partial charge in [-0.3, -0.25) is 43.2 Å². The largest absolute Gasteiger partial charge is 0.445 e. The maximum absolute atomic E-state index is 13.5. The predicted octanol–water partition coefficient (Wildman–Crippen LogP) is 10.5. The van der Waals surface area contributed by atoms with Gasteiger partial charge in [-0.15, -0.1) is 0 Å². The number of fused-ring (bicyclic) bond motifs is 2. The molecule has 3 fully saturated rings. The van der Waals surface area contributed by atoms with Crippen LogP contribution in [0.5, 0.6) is 0 Å². The first kappa shape index (κ1) is 89.5. The maximum atomic E-state index is 13.5. The van der Waals surface area contributed by atoms with Gasteiger partial charge in [0.25, 0.3) is 17.7 Å². The van der Waals surface area contributed by atoms with Gasteiger partial charge in [-0.2, -0.15) is 0 Å². The Bertz CT molecular complexity index is 4710. The van der Waals surface area contributed by atoms with Crippen molar-refractivity contribution in [3.63, 3.8) is 0 Å². The molecule has 3 aliphatic heterocycles. The van der Waals surface area contributed by atoms with Gasteiger partial charge in [0.2, 0.25) is 35.4 Å². The van der Waals surface area contributed by atoms with Crippen molar-refractivity contribution >= 4 is 93.0 Å². The number of rotatable bonds is 33. The zero-order valence-electron chi connectivity index (χ0n) is 67.1. The number of unbranched alkanes of at least 4 members (excludes halogenated alkanes) is 3. The molecule has 0 bridgehead atoms. The van der Waals surface area contributed by atoms with Gasteiger partial charge in [0, 0.05) is 115 Å². The highest BCUT2D eigenvalue weighted by molar-refractivity contribution is 6.07. The molecule has 3 heterocycles. The smallest absolute Gasteiger partial charge is 0.408 e. The number of benzene rings is 8. The van der Waals surface area contributed by atoms with Crippen LogP contribution in [-0.2, 0) is 62.8 Å². The zero-order chi connectivity index (χ0) is 84.5. The molecule has 0 aromatic heterocycles. The topological polar surface area (TPSA) is 324 Å². The molecule has 11 rings (SSSR count). The number of carbonyl (C=O) groups is 12. The Morgan fingerprint density at radius 3 is 1.00 bits per heavy atom. The lowest BCUT2D eigenvalue weighted by Crippen LogP contribution is -2.56. The minimum Gasteiger partial charge on any atom is -0.445 e. The van der Waals surface area contributed by atoms with E-state index in [0.717, 1.165) is 38.2 Å². The van der Waals surface area contributed by atoms with E-state index < -0.39 is 36.4 Å². The highest BCUT2D eigenvalue weighted by Gasteiger charge is 2.35. The Kier molecular flexibility index (Phi) is 36.2. The fraction of sp³-hybridized carbons (Fsp3) is 0.326. The molecule has 27 heteroatoms. The second-order valence-electron chi connectivity index (χ2n) is 28.6. The van der Waals surface area contributed by atoms with Gasteiger partial charge in [0.1, 0.15) is 37.9 Å². The number of hydrogen-bond acceptors (Lipinski definition) is 15. The van der Waals surface area contributed by atoms with Crippen molar-refractivity contribution in [1.82, 2.24) is 61.3 Å². The van der Waals surface area contributed by atoms with E-state index >= 15 is 0 Å². The molecule has 624 valence electrons. The number of alkyl carbamates (subject to hydrolysis) is 3. The van der Waals surface area contributed by atoms with Crippen molar-refractivity contribution in [3.05, 3.63) is 278 Å². The number of carbonyl (C=O) groups excluding carboxylic acids is 12. The van der Waals surface area contributed by atoms with Crippen molar-refractivity contribution < 1.29 is 71.7 Å². The van der Waals surface area contributed by atoms with Gasteiger partial charge >= 0.3 is 18.3 Å². The Morgan fingerprint density at radius 2 is 0.622 bits per heavy atom. The van der Waals surface area contributed by atoms with Gasteiger partial charge in [-0.25, -0.2) is 14.4 Å². The summed E-state index contributed by atoms with van der Waals surface area (Å²) in [6.45, 7) is 16.5. The first-order valence-electron chi connectivity index (χ1n) is 40.3. The fourth-order valence-corrected chi connectivity index (χ4v) is 13.7. The Morgan fingerprint density at radius 1 is 0.311 bits per heavy atom. The summed E-state index contributed by atoms with van der Waals surface area (Å²) in [5, 5.41) is 20.3. The highest BCUT2D eigenvalue weighted by Crippen LogP contribution is 2.24. The quantitative estimate of drug-likeness (QED) is 0.0127. The van der Waals surface area contributed by atoms with Crippen LogP contribution >= 0.6 is 0 Å². The number of nitrogens with zero attached hydrogens (tertiary/aromatic N) is 6. The number of hydrogen-bond donors (Lipinski definition) is 6. The van der Waals surface area contributed by atoms with Gasteiger partial charge in [-0.05, 0) is 145 Å². The summed E-state index contributed by atoms with van der Waals surface area (Å²) < 4.78 is 16.0. The standard InChI is InChI=1S/2C32H36N4O5.C28H34N4O5/c1-2-29(37)33-18-9-8-17-28(34-32(40)41-23-24-11-4-3-5-12-24)31(39)36-21-19-35(20-22-36)30(38)27-16-10-14-25-13-6-7-15-26(25)27;1-2-29(37)33-17-9-8-14-28(34-32(40)41-23-24-10-4-3-5-11-24)31(39)36-20-18-35(19-21-36)30(38)27-16-15-25-12-6-7-13-26(25)22-27;1-2-25(33)29-16-10-9-15-24(30-28(36)37-21-22-11-5-3-6-12-22)27(35)32-19-17-31(18-20-32)26(34)23-13-7-4-8-14-23/h2-7,10-16,28H,1,8-9,17-23H2,(H,33,37)(H,34,40);2-7,10-13,15-16,22,28H,1,8-9,14,17-21,23H2,(H,33,37)(H,34,40);2-8,11-14,24H,1,9-10,15-21H2,(H,29,33)(H,30,36)/t2*28-;24-/m000/s1. The van der Waals surface area contributed by atoms with Crippen molar-refractivity contribution in [2.75, 3.05) is 98.2 Å². The SMILES string of the molecule is C=CC(=O)NCCCC[C@H](NC(=O)OCc1ccccc1)C(=O)N1CCN(C(=O)c2ccc3ccccc3c2)CC1.C=CC(=O)NCCCC[C@H](NC(=O)OCc1ccccc1)C(=O)N1CCN(C(=O)c2cccc3ccccc23)CC1.C=CC(=O)NCCCC[C@H](NC(=O)OCc1ccccc1)C(=O)N1CCN(C(=O)c2ccccc2)CC1. The van der Waals surface area contributed by atoms with Crippen molar-refractivity contribution in [2.24, 2.45) is 0 Å². The normalized spacial score (nSPS) is 13.8. The second-order valence-corrected chi connectivity index (χ2v) is 28.6. The first-order chi connectivity index (χ1) is 57.9. The average Bonchev–Trinajstić information content (AvgIpc) is 0.805. The molecule has 0 radical (unpaired) electrons. The summed E-state index contributed by atoms with van der Waals surface area (Å²) in [6, 6.07) is 61.7. The lowest BCUT2D eigenvalue weighted by Gasteiger charge is -2.36. The number of amides is 12. The number of ether oxygens (including phenoxy) is 3. The van der Waals surface area contributed by atoms with E-state index in [2.05, 4.69) is 51.6 Å². The highest BCUT2D eigenvalue weighted by atomic mass is 16.6. The molecule has 3 atom stereocenters. The third-order valence-electron chi connectivity index (χ3n) is 20.3. The van der Waals surface area contributed by atoms with Crippen LogP contribution in [0.15, 0.2) is 244 Å². The summed E-state index contributed by atoms with van der Waals surface area (Å²) in [4.78, 5) is 162. The van der Waals surface area contributed by atoms with Gasteiger partial charge < -0.3 is 75.5 Å². The van der Waals surface area contributed by atoms with Gasteiger partial charge in [-0.1, -0.05) is 196 Å². The molecule has 6 N–H and O–H groups in total. The molecular formula is C92H106N12O15. The van der Waals surface area contributed by atoms with Crippen molar-refractivity contribution in [3.8, 4) is 0 Å². The van der Waals surface area contributed by atoms with Crippen molar-refractivity contribution in [2.45, 2.75) is 95.7 Å². The summed E-state index contributed by atoms with van der Waals surface area (Å²) in [7, 11) is 0. The van der Waals surface area contributed by atoms with Crippen LogP contribution in [0.25, 0.3) is 21.5 Å². The van der Waals surface area contributed by atoms with Crippen LogP contribution in [-0.4, -0.2) is 217 Å². The van der Waals surface area contributed by atoms with Crippen LogP contribution < -0.4 is 31.9 Å². The van der Waals surface area contributed by atoms with E-state index in [1.807, 2.05) is 194 Å². The zero-order valence-corrected chi connectivity index (χ0v) is 67.1. The summed E-state index contributed by atoms with van der Waals surface area (Å²) in [5.41, 5.74) is 4.41. The monoisotopic (exact) mass is 1620 g/mol. The van der Waals surface area contributed by atoms with Crippen LogP contribution in [0, 0.1) is 0 Å². The molecule has 8 aromatic carbocycles. The Balaban J connectivity index is 0.000000204. The third-order valence-corrected chi connectivity index (χ3v) is 20.3. The summed E-state index contributed by atoms with van der Waals surface area (Å²) in [5.74, 6) is -1.58. The fourth-order valence-electron chi connectivity index (χ4n) is 13.7. The molecule has 0 spiro atoms. The molecule has 27 nitrogen and oxygen atoms in total. The number of piperazine rings is 3. The van der Waals surface area contributed by atoms with Crippen molar-refractivity contribution in [1.29, 1.82) is 0 Å². The molecule has 8 aromatic rings. The molecule has 12 amide bonds. The summed E-state index contributed by atoms with van der Waals surface area (Å²) >= 11 is 0. The Labute approximate surface area is 694 Å². The average molecular weight is 1620 g/mol. The van der Waals surface area contributed by atoms with Crippen LogP contribution in [0.3, 0.4) is 0 Å². The minimum absolute atomic E-state index is 0.0605. The predicted molar refractivity (Wildman–Crippen MR) is 454 cm³/mol. The van der Waals surface area contributed by atoms with Crippen LogP contribution in [0.2, 0.25) is 0 Å². The van der Waals surface area contributed by atoms with E-state index in [9.17, 15) is 57.5 Å². The molecule has 119 heavy (non-hydrogen) atoms. The summed E-state index contributed by atoms with van der Waals surface area (Å²) in [6.07, 6.45) is 6.53.